The molecule has 1 saturated heterocycles. The molecule has 0 saturated carbocycles. The lowest BCUT2D eigenvalue weighted by Crippen LogP contribution is -2.38. The predicted octanol–water partition coefficient (Wildman–Crippen LogP) is -0.383. The first-order valence-electron chi connectivity index (χ1n) is 5.21. The normalized spacial score (nSPS) is 19.7. The molecule has 0 spiro atoms. The molecule has 1 amide bonds. The summed E-state index contributed by atoms with van der Waals surface area (Å²) >= 11 is 0. The van der Waals surface area contributed by atoms with Crippen molar-refractivity contribution in [1.82, 2.24) is 10.2 Å². The molecule has 0 radical (unpaired) electrons. The van der Waals surface area contributed by atoms with Crippen molar-refractivity contribution in [3.63, 3.8) is 0 Å². The van der Waals surface area contributed by atoms with E-state index in [0.29, 0.717) is 25.4 Å². The van der Waals surface area contributed by atoms with Gasteiger partial charge in [-0.2, -0.15) is 0 Å². The van der Waals surface area contributed by atoms with Crippen LogP contribution in [0.5, 0.6) is 0 Å². The molecule has 0 aromatic rings. The van der Waals surface area contributed by atoms with Crippen molar-refractivity contribution >= 4 is 11.9 Å². The zero-order valence-electron chi connectivity index (χ0n) is 9.28. The minimum atomic E-state index is -0.285. The Bertz CT molecular complexity index is 243. The number of carbonyl (C=O) groups excluding carboxylic acids is 2. The van der Waals surface area contributed by atoms with E-state index in [1.54, 1.807) is 4.90 Å². The van der Waals surface area contributed by atoms with E-state index in [9.17, 15) is 9.59 Å². The van der Waals surface area contributed by atoms with Crippen molar-refractivity contribution in [2.75, 3.05) is 33.3 Å². The molecule has 0 aromatic carbocycles. The average Bonchev–Trinajstić information content (AvgIpc) is 2.33. The first-order chi connectivity index (χ1) is 7.13. The van der Waals surface area contributed by atoms with E-state index < -0.39 is 0 Å². The maximum Gasteiger partial charge on any atom is 0.308 e. The molecule has 1 atom stereocenters. The van der Waals surface area contributed by atoms with E-state index in [0.717, 1.165) is 6.54 Å². The lowest BCUT2D eigenvalue weighted by atomic mass is 10.1. The molecule has 15 heavy (non-hydrogen) atoms. The van der Waals surface area contributed by atoms with Gasteiger partial charge in [0, 0.05) is 13.1 Å². The molecule has 1 aliphatic heterocycles. The number of amides is 1. The topological polar surface area (TPSA) is 58.6 Å². The van der Waals surface area contributed by atoms with Crippen LogP contribution in [-0.2, 0) is 14.3 Å². The second-order valence-corrected chi connectivity index (χ2v) is 3.91. The number of nitrogens with zero attached hydrogens (tertiary/aromatic N) is 1. The Morgan fingerprint density at radius 1 is 1.53 bits per heavy atom. The molecule has 0 bridgehead atoms. The highest BCUT2D eigenvalue weighted by molar-refractivity contribution is 5.82. The number of ether oxygens (including phenoxy) is 1. The standard InChI is InChI=1S/C10H18N2O3/c1-8(5-11-2)6-12-4-3-10(14)15-7-9(12)13/h8,11H,3-7H2,1-2H3. The maximum atomic E-state index is 11.5. The van der Waals surface area contributed by atoms with Gasteiger partial charge in [-0.1, -0.05) is 6.92 Å². The van der Waals surface area contributed by atoms with Gasteiger partial charge in [0.2, 0.25) is 0 Å². The summed E-state index contributed by atoms with van der Waals surface area (Å²) < 4.78 is 4.74. The van der Waals surface area contributed by atoms with Crippen LogP contribution in [0, 0.1) is 5.92 Å². The Morgan fingerprint density at radius 3 is 2.93 bits per heavy atom. The summed E-state index contributed by atoms with van der Waals surface area (Å²) in [6, 6.07) is 0. The van der Waals surface area contributed by atoms with Gasteiger partial charge >= 0.3 is 5.97 Å². The van der Waals surface area contributed by atoms with Crippen molar-refractivity contribution < 1.29 is 14.3 Å². The van der Waals surface area contributed by atoms with Crippen LogP contribution < -0.4 is 5.32 Å². The SMILES string of the molecule is CNCC(C)CN1CCC(=O)OCC1=O. The van der Waals surface area contributed by atoms with Crippen LogP contribution in [0.3, 0.4) is 0 Å². The minimum Gasteiger partial charge on any atom is -0.456 e. The third-order valence-corrected chi connectivity index (χ3v) is 2.38. The summed E-state index contributed by atoms with van der Waals surface area (Å²) in [5.74, 6) is 0.00285. The molecule has 5 nitrogen and oxygen atoms in total. The lowest BCUT2D eigenvalue weighted by Gasteiger charge is -2.23. The van der Waals surface area contributed by atoms with E-state index in [4.69, 9.17) is 4.74 Å². The van der Waals surface area contributed by atoms with Crippen LogP contribution in [0.1, 0.15) is 13.3 Å². The molecule has 5 heteroatoms. The van der Waals surface area contributed by atoms with Crippen molar-refractivity contribution in [3.8, 4) is 0 Å². The smallest absolute Gasteiger partial charge is 0.308 e. The van der Waals surface area contributed by atoms with Gasteiger partial charge in [0.25, 0.3) is 5.91 Å². The fourth-order valence-electron chi connectivity index (χ4n) is 1.64. The molecule has 1 N–H and O–H groups in total. The Hall–Kier alpha value is -1.10. The highest BCUT2D eigenvalue weighted by Gasteiger charge is 2.22. The first kappa shape index (κ1) is 12.0. The molecular formula is C10H18N2O3. The quantitative estimate of drug-likeness (QED) is 0.648. The number of rotatable bonds is 4. The van der Waals surface area contributed by atoms with E-state index in [1.165, 1.54) is 0 Å². The van der Waals surface area contributed by atoms with Gasteiger partial charge in [-0.25, -0.2) is 0 Å². The summed E-state index contributed by atoms with van der Waals surface area (Å²) in [6.07, 6.45) is 0.304. The number of hydrogen-bond acceptors (Lipinski definition) is 4. The van der Waals surface area contributed by atoms with Gasteiger partial charge in [0.05, 0.1) is 6.42 Å². The number of hydrogen-bond donors (Lipinski definition) is 1. The zero-order chi connectivity index (χ0) is 11.3. The summed E-state index contributed by atoms with van der Waals surface area (Å²) in [4.78, 5) is 24.2. The van der Waals surface area contributed by atoms with Crippen LogP contribution in [-0.4, -0.2) is 50.1 Å². The largest absolute Gasteiger partial charge is 0.456 e. The second-order valence-electron chi connectivity index (χ2n) is 3.91. The predicted molar refractivity (Wildman–Crippen MR) is 55.2 cm³/mol. The van der Waals surface area contributed by atoms with E-state index in [2.05, 4.69) is 12.2 Å². The van der Waals surface area contributed by atoms with Crippen molar-refractivity contribution in [1.29, 1.82) is 0 Å². The Kier molecular flexibility index (Phi) is 4.55. The molecule has 1 fully saturated rings. The number of esters is 1. The number of carbonyl (C=O) groups is 2. The molecular weight excluding hydrogens is 196 g/mol. The van der Waals surface area contributed by atoms with Gasteiger partial charge in [-0.15, -0.1) is 0 Å². The maximum absolute atomic E-state index is 11.5. The summed E-state index contributed by atoms with van der Waals surface area (Å²) in [6.45, 7) is 3.98. The van der Waals surface area contributed by atoms with Gasteiger partial charge < -0.3 is 15.0 Å². The average molecular weight is 214 g/mol. The Labute approximate surface area is 89.8 Å². The van der Waals surface area contributed by atoms with E-state index >= 15 is 0 Å². The monoisotopic (exact) mass is 214 g/mol. The van der Waals surface area contributed by atoms with E-state index in [1.807, 2.05) is 7.05 Å². The highest BCUT2D eigenvalue weighted by Crippen LogP contribution is 2.05. The molecule has 1 heterocycles. The van der Waals surface area contributed by atoms with Gasteiger partial charge in [-0.05, 0) is 19.5 Å². The molecule has 86 valence electrons. The second kappa shape index (κ2) is 5.70. The summed E-state index contributed by atoms with van der Waals surface area (Å²) in [5, 5.41) is 3.06. The van der Waals surface area contributed by atoms with Crippen LogP contribution >= 0.6 is 0 Å². The fraction of sp³-hybridized carbons (Fsp3) is 0.800. The van der Waals surface area contributed by atoms with Crippen LogP contribution in [0.4, 0.5) is 0 Å². The molecule has 0 aromatic heterocycles. The summed E-state index contributed by atoms with van der Waals surface area (Å²) in [5.41, 5.74) is 0. The van der Waals surface area contributed by atoms with Gasteiger partial charge in [0.1, 0.15) is 0 Å². The Balaban J connectivity index is 2.45. The van der Waals surface area contributed by atoms with Crippen molar-refractivity contribution in [2.45, 2.75) is 13.3 Å². The van der Waals surface area contributed by atoms with Gasteiger partial charge in [0.15, 0.2) is 6.61 Å². The van der Waals surface area contributed by atoms with Crippen molar-refractivity contribution in [2.24, 2.45) is 5.92 Å². The first-order valence-corrected chi connectivity index (χ1v) is 5.21. The molecule has 1 unspecified atom stereocenters. The van der Waals surface area contributed by atoms with Crippen LogP contribution in [0.15, 0.2) is 0 Å². The van der Waals surface area contributed by atoms with E-state index in [-0.39, 0.29) is 18.5 Å². The number of nitrogens with one attached hydrogen (secondary N) is 1. The third kappa shape index (κ3) is 3.87. The molecule has 0 aliphatic carbocycles. The van der Waals surface area contributed by atoms with Gasteiger partial charge in [-0.3, -0.25) is 9.59 Å². The third-order valence-electron chi connectivity index (χ3n) is 2.38. The van der Waals surface area contributed by atoms with Crippen molar-refractivity contribution in [3.05, 3.63) is 0 Å². The fourth-order valence-corrected chi connectivity index (χ4v) is 1.64. The van der Waals surface area contributed by atoms with Crippen LogP contribution in [0.25, 0.3) is 0 Å². The highest BCUT2D eigenvalue weighted by atomic mass is 16.5. The number of cyclic esters (lactones) is 1. The zero-order valence-corrected chi connectivity index (χ0v) is 9.28. The summed E-state index contributed by atoms with van der Waals surface area (Å²) in [7, 11) is 1.88. The minimum absolute atomic E-state index is 0.0937. The van der Waals surface area contributed by atoms with Crippen LogP contribution in [0.2, 0.25) is 0 Å². The lowest BCUT2D eigenvalue weighted by molar-refractivity contribution is -0.147. The molecule has 1 aliphatic rings. The Morgan fingerprint density at radius 2 is 2.27 bits per heavy atom. The molecule has 1 rings (SSSR count).